The molecule has 260 valence electrons. The number of benzene rings is 1. The number of rotatable bonds is 7. The van der Waals surface area contributed by atoms with Crippen molar-refractivity contribution in [3.63, 3.8) is 0 Å². The molecular weight excluding hydrogens is 601 g/mol. The van der Waals surface area contributed by atoms with Gasteiger partial charge in [-0.15, -0.1) is 13.2 Å². The number of ketones is 1. The minimum absolute atomic E-state index is 0.00449. The lowest BCUT2D eigenvalue weighted by Gasteiger charge is -2.48. The lowest BCUT2D eigenvalue weighted by atomic mass is 9.55. The van der Waals surface area contributed by atoms with E-state index in [0.717, 1.165) is 38.6 Å². The summed E-state index contributed by atoms with van der Waals surface area (Å²) in [6.07, 6.45) is 9.49. The monoisotopic (exact) mass is 662 g/mol. The largest absolute Gasteiger partial charge is 0.483 e. The summed E-state index contributed by atoms with van der Waals surface area (Å²) in [6.45, 7) is 19.0. The summed E-state index contributed by atoms with van der Waals surface area (Å²) in [5.41, 5.74) is 2.48. The predicted octanol–water partition coefficient (Wildman–Crippen LogP) is 8.50. The highest BCUT2D eigenvalue weighted by Gasteiger charge is 2.54. The van der Waals surface area contributed by atoms with Crippen molar-refractivity contribution in [3.05, 3.63) is 42.5 Å². The molecule has 2 N–H and O–H groups in total. The minimum Gasteiger partial charge on any atom is -0.483 e. The van der Waals surface area contributed by atoms with Crippen LogP contribution in [0, 0.1) is 17.3 Å². The smallest absolute Gasteiger partial charge is 0.290 e. The fourth-order valence-corrected chi connectivity index (χ4v) is 7.87. The van der Waals surface area contributed by atoms with E-state index in [9.17, 15) is 13.6 Å². The van der Waals surface area contributed by atoms with E-state index < -0.39 is 11.7 Å². The summed E-state index contributed by atoms with van der Waals surface area (Å²) in [7, 11) is 4.97. The number of anilines is 1. The first-order chi connectivity index (χ1) is 21.9. The molecule has 5 nitrogen and oxygen atoms in total. The number of piperidine rings is 1. The van der Waals surface area contributed by atoms with Gasteiger partial charge in [-0.2, -0.15) is 12.6 Å². The Morgan fingerprint density at radius 3 is 2.33 bits per heavy atom. The Bertz CT molecular complexity index is 1040. The highest BCUT2D eigenvalue weighted by molar-refractivity contribution is 7.80. The summed E-state index contributed by atoms with van der Waals surface area (Å²) in [4.78, 5) is 23.5. The zero-order valence-electron chi connectivity index (χ0n) is 29.2. The van der Waals surface area contributed by atoms with E-state index in [1.165, 1.54) is 57.3 Å². The molecule has 1 saturated heterocycles. The molecule has 1 aliphatic heterocycles. The van der Waals surface area contributed by atoms with E-state index in [2.05, 4.69) is 81.9 Å². The Hall–Kier alpha value is -1.87. The molecule has 3 fully saturated rings. The number of thiol groups is 1. The number of carboxylic acid groups (broad SMARTS) is 1. The number of nitrogens with one attached hydrogen (secondary N) is 1. The molecule has 0 amide bonds. The van der Waals surface area contributed by atoms with Gasteiger partial charge in [0.25, 0.3) is 6.47 Å². The first-order valence-corrected chi connectivity index (χ1v) is 18.0. The number of nitrogens with zero attached hydrogens (tertiary/aromatic N) is 1. The third-order valence-electron chi connectivity index (χ3n) is 10.2. The van der Waals surface area contributed by atoms with E-state index >= 15 is 0 Å². The normalized spacial score (nSPS) is 26.7. The van der Waals surface area contributed by atoms with Gasteiger partial charge >= 0.3 is 0 Å². The standard InChI is InChI=1S/C25H36N2O.C6H11BF2S.C3H8.C2H4.CH2O2/c1-3-26-18-11-14-27(15-12-18)19-5-7-20-17(16-19)4-6-22-21(20)10-13-25(2)23(22)8-9-24(25)28;1-5(8)6(7,9)3-2-4-10;1-3-2;1-2;2-1-3/h5,7,16,18,21-23,26H,3-4,6,8-15H2,1-2H3;5,10H,2-4H2,1H3;3H2,1-2H3;1-2H2;1H,(H,2,3). The summed E-state index contributed by atoms with van der Waals surface area (Å²) >= 11 is 3.86. The van der Waals surface area contributed by atoms with Crippen molar-refractivity contribution in [3.8, 4) is 0 Å². The van der Waals surface area contributed by atoms with Crippen LogP contribution in [0.25, 0.3) is 0 Å². The van der Waals surface area contributed by atoms with Gasteiger partial charge in [0, 0.05) is 36.7 Å². The molecule has 3 aliphatic carbocycles. The predicted molar refractivity (Wildman–Crippen MR) is 194 cm³/mol. The molecule has 4 aliphatic rings. The molecule has 0 aromatic heterocycles. The highest BCUT2D eigenvalue weighted by atomic mass is 32.1. The van der Waals surface area contributed by atoms with E-state index in [-0.39, 0.29) is 18.3 Å². The molecule has 2 radical (unpaired) electrons. The maximum absolute atomic E-state index is 12.8. The van der Waals surface area contributed by atoms with Crippen molar-refractivity contribution in [2.45, 2.75) is 129 Å². The van der Waals surface area contributed by atoms with E-state index in [4.69, 9.17) is 17.7 Å². The van der Waals surface area contributed by atoms with Crippen LogP contribution in [0.2, 0.25) is 0 Å². The third kappa shape index (κ3) is 11.4. The number of aryl methyl sites for hydroxylation is 1. The van der Waals surface area contributed by atoms with Crippen LogP contribution in [0.15, 0.2) is 31.4 Å². The quantitative estimate of drug-likeness (QED) is 0.118. The van der Waals surface area contributed by atoms with E-state index in [1.807, 2.05) is 0 Å². The zero-order valence-corrected chi connectivity index (χ0v) is 30.1. The molecule has 0 spiro atoms. The fourth-order valence-electron chi connectivity index (χ4n) is 7.72. The van der Waals surface area contributed by atoms with Gasteiger partial charge in [0.2, 0.25) is 0 Å². The van der Waals surface area contributed by atoms with Crippen LogP contribution in [0.1, 0.15) is 116 Å². The second-order valence-electron chi connectivity index (χ2n) is 13.2. The molecule has 6 atom stereocenters. The molecule has 2 saturated carbocycles. The Morgan fingerprint density at radius 2 is 1.78 bits per heavy atom. The van der Waals surface area contributed by atoms with Crippen molar-refractivity contribution in [2.24, 2.45) is 17.3 Å². The van der Waals surface area contributed by atoms with Crippen LogP contribution >= 0.6 is 12.6 Å². The Morgan fingerprint density at radius 1 is 1.17 bits per heavy atom. The molecule has 9 heteroatoms. The number of Topliss-reactive ketones (excluding diaryl/α,β-unsaturated/α-hetero) is 1. The van der Waals surface area contributed by atoms with Crippen LogP contribution in [0.5, 0.6) is 0 Å². The third-order valence-corrected chi connectivity index (χ3v) is 10.5. The molecule has 46 heavy (non-hydrogen) atoms. The second-order valence-corrected chi connectivity index (χ2v) is 13.7. The zero-order chi connectivity index (χ0) is 34.9. The van der Waals surface area contributed by atoms with Gasteiger partial charge in [-0.05, 0) is 118 Å². The Labute approximate surface area is 285 Å². The highest BCUT2D eigenvalue weighted by Crippen LogP contribution is 2.59. The Kier molecular flexibility index (Phi) is 19.4. The number of halogens is 2. The van der Waals surface area contributed by atoms with Crippen molar-refractivity contribution in [2.75, 3.05) is 30.3 Å². The maximum Gasteiger partial charge on any atom is 0.290 e. The van der Waals surface area contributed by atoms with Crippen molar-refractivity contribution >= 4 is 38.4 Å². The van der Waals surface area contributed by atoms with Gasteiger partial charge in [0.15, 0.2) is 0 Å². The maximum atomic E-state index is 12.8. The van der Waals surface area contributed by atoms with Crippen molar-refractivity contribution in [1.82, 2.24) is 5.32 Å². The topological polar surface area (TPSA) is 69.6 Å². The van der Waals surface area contributed by atoms with Crippen LogP contribution < -0.4 is 10.2 Å². The number of carbonyl (C=O) groups excluding carboxylic acids is 1. The molecule has 1 heterocycles. The molecule has 6 unspecified atom stereocenters. The van der Waals surface area contributed by atoms with E-state index in [0.29, 0.717) is 35.8 Å². The molecule has 1 aromatic rings. The fraction of sp³-hybridized carbons (Fsp3) is 0.730. The molecular formula is C37H61BF2N2O3S. The van der Waals surface area contributed by atoms with Crippen molar-refractivity contribution < 1.29 is 23.5 Å². The van der Waals surface area contributed by atoms with Gasteiger partial charge in [0.1, 0.15) is 19.8 Å². The van der Waals surface area contributed by atoms with Crippen LogP contribution in [0.4, 0.5) is 14.5 Å². The summed E-state index contributed by atoms with van der Waals surface area (Å²) in [5, 5.41) is 10.5. The first kappa shape index (κ1) is 42.2. The van der Waals surface area contributed by atoms with Crippen LogP contribution in [0.3, 0.4) is 0 Å². The summed E-state index contributed by atoms with van der Waals surface area (Å²) in [5.74, 6) is 3.16. The van der Waals surface area contributed by atoms with Gasteiger partial charge in [-0.3, -0.25) is 14.0 Å². The van der Waals surface area contributed by atoms with Gasteiger partial charge in [0.05, 0.1) is 5.57 Å². The summed E-state index contributed by atoms with van der Waals surface area (Å²) in [6, 6.07) is 8.05. The average molecular weight is 663 g/mol. The second kappa shape index (κ2) is 21.2. The van der Waals surface area contributed by atoms with E-state index in [1.54, 1.807) is 11.1 Å². The molecule has 0 bridgehead atoms. The number of carbonyl (C=O) groups is 2. The minimum atomic E-state index is -2.16. The van der Waals surface area contributed by atoms with Gasteiger partial charge in [-0.1, -0.05) is 40.2 Å². The SMILES string of the molecule is C=C.CCC.CCNC1CCN(c2ccc3c(c2)CCC2C3CCC3(C)C(=O)CCC23)CC1.O=CO.[B]C(F)(CCCS)C(C)F. The van der Waals surface area contributed by atoms with Crippen molar-refractivity contribution in [1.29, 1.82) is 0 Å². The average Bonchev–Trinajstić information content (AvgIpc) is 3.36. The molecule has 1 aromatic carbocycles. The Balaban J connectivity index is 0.000000493. The number of hydrogen-bond acceptors (Lipinski definition) is 5. The summed E-state index contributed by atoms with van der Waals surface area (Å²) < 4.78 is 25.0. The lowest BCUT2D eigenvalue weighted by Crippen LogP contribution is -2.43. The van der Waals surface area contributed by atoms with Crippen LogP contribution in [-0.4, -0.2) is 68.4 Å². The van der Waals surface area contributed by atoms with Gasteiger partial charge in [-0.25, -0.2) is 4.39 Å². The first-order valence-electron chi connectivity index (χ1n) is 17.4. The van der Waals surface area contributed by atoms with Gasteiger partial charge < -0.3 is 15.3 Å². The number of fused-ring (bicyclic) bond motifs is 5. The molecule has 5 rings (SSSR count). The lowest BCUT2D eigenvalue weighted by molar-refractivity contribution is -0.129. The number of hydrogen-bond donors (Lipinski definition) is 3. The van der Waals surface area contributed by atoms with Crippen LogP contribution in [-0.2, 0) is 16.0 Å². The number of alkyl halides is 2.